The van der Waals surface area contributed by atoms with Gasteiger partial charge in [0.05, 0.1) is 56.6 Å². The standard InChI is InChI=1S/C67H103N23O22S4/c1-29(2)12-35-55(100)77-34(9-10-51(96)97)54(99)80-38(15-33-20-73-28-75-33)58(103)84-41(21-91)60(105)82-39(16-48(69)93)59(104)79-36(13-30(3)4)56(101)86-43(53(71)98)23-113-115-26-46(63(108)81-37(57(102)78-35)14-32-19-72-27-74-32)88-66(111)52(31(5)6)89-65(110)47-8-7-11-90(47)67(112)40(17-49(70)94)83-61(106)42(22-92)85-64(109)45-25-116-114-24-44(62(107)87-45)76-50(95)18-68/h19-20,27-31,34-47,52,91-92H,7-18,21-26,68H2,1-6H3,(H2,69,93)(H2,70,94)(H2,71,98)(H,72,74)(H,73,75)(H,76,95)(H,77,100)(H,78,102)(H,79,104)(H,80,99)(H,81,108)(H,82,105)(H,83,106)(H,84,103)(H,85,109)(H,86,101)(H,87,107)(H,88,111)(H,89,110)(H,96,97)/t34?,35?,36-,37?,38-,39-,40-,41?,42-,43?,44-,45-,46-,47-,52-/m0/s1. The monoisotopic (exact) mass is 1710 g/mol. The first-order valence-corrected chi connectivity index (χ1v) is 41.8. The molecule has 3 aliphatic heterocycles. The highest BCUT2D eigenvalue weighted by molar-refractivity contribution is 8.77. The largest absolute Gasteiger partial charge is 0.481 e. The van der Waals surface area contributed by atoms with Gasteiger partial charge in [-0.1, -0.05) is 84.7 Å². The number of carboxylic acid groups (broad SMARTS) is 1. The van der Waals surface area contributed by atoms with Crippen molar-refractivity contribution in [3.63, 3.8) is 0 Å². The fourth-order valence-corrected chi connectivity index (χ4v) is 16.5. The number of likely N-dealkylation sites (tertiary alicyclic amines) is 1. The second kappa shape index (κ2) is 47.6. The van der Waals surface area contributed by atoms with E-state index in [-0.39, 0.29) is 55.1 Å². The topological polar surface area (TPSA) is 718 Å². The van der Waals surface area contributed by atoms with Gasteiger partial charge in [-0.2, -0.15) is 0 Å². The Labute approximate surface area is 680 Å². The molecule has 49 heteroatoms. The quantitative estimate of drug-likeness (QED) is 0.0323. The number of aliphatic hydroxyl groups is 2. The molecular weight excluding hydrogens is 1610 g/mol. The first-order valence-electron chi connectivity index (χ1n) is 36.8. The lowest BCUT2D eigenvalue weighted by Crippen LogP contribution is -2.62. The van der Waals surface area contributed by atoms with E-state index in [1.807, 2.05) is 0 Å². The van der Waals surface area contributed by atoms with Crippen molar-refractivity contribution in [2.75, 3.05) is 49.3 Å². The van der Waals surface area contributed by atoms with Crippen molar-refractivity contribution in [2.45, 2.75) is 196 Å². The summed E-state index contributed by atoms with van der Waals surface area (Å²) < 4.78 is 0. The summed E-state index contributed by atoms with van der Waals surface area (Å²) in [7, 11) is 3.92. The molecule has 2 aromatic heterocycles. The number of nitrogens with zero attached hydrogens (tertiary/aromatic N) is 3. The number of aromatic amines is 2. The van der Waals surface area contributed by atoms with Gasteiger partial charge < -0.3 is 128 Å². The highest BCUT2D eigenvalue weighted by Gasteiger charge is 2.43. The van der Waals surface area contributed by atoms with Crippen molar-refractivity contribution < 1.29 is 106 Å². The van der Waals surface area contributed by atoms with E-state index in [0.29, 0.717) is 0 Å². The number of aliphatic carboxylic acids is 1. The number of imidazole rings is 2. The molecule has 15 atom stereocenters. The molecule has 5 rings (SSSR count). The number of nitrogens with two attached hydrogens (primary N) is 4. The average Bonchev–Trinajstić information content (AvgIpc) is 1.64. The van der Waals surface area contributed by atoms with Crippen molar-refractivity contribution in [3.05, 3.63) is 36.4 Å². The average molecular weight is 1710 g/mol. The van der Waals surface area contributed by atoms with Crippen LogP contribution in [0.1, 0.15) is 104 Å². The summed E-state index contributed by atoms with van der Waals surface area (Å²) in [4.78, 5) is 277. The van der Waals surface area contributed by atoms with Crippen LogP contribution in [0.15, 0.2) is 25.0 Å². The molecule has 18 amide bonds. The Morgan fingerprint density at radius 3 is 1.50 bits per heavy atom. The van der Waals surface area contributed by atoms with Crippen molar-refractivity contribution in [1.82, 2.24) is 99.3 Å². The number of hydrogen-bond acceptors (Lipinski definition) is 28. The Morgan fingerprint density at radius 2 is 1.00 bits per heavy atom. The molecule has 642 valence electrons. The van der Waals surface area contributed by atoms with Crippen LogP contribution in [0.25, 0.3) is 0 Å². The molecular formula is C67H103N23O22S4. The van der Waals surface area contributed by atoms with E-state index >= 15 is 4.79 Å². The van der Waals surface area contributed by atoms with E-state index in [4.69, 9.17) is 22.9 Å². The number of primary amides is 3. The number of H-pyrrole nitrogens is 2. The summed E-state index contributed by atoms with van der Waals surface area (Å²) in [5, 5.41) is 64.9. The molecule has 0 aromatic carbocycles. The Morgan fingerprint density at radius 1 is 0.534 bits per heavy atom. The van der Waals surface area contributed by atoms with Crippen molar-refractivity contribution in [1.29, 1.82) is 0 Å². The lowest BCUT2D eigenvalue weighted by Gasteiger charge is -2.31. The second-order valence-corrected chi connectivity index (χ2v) is 33.6. The van der Waals surface area contributed by atoms with E-state index in [2.05, 4.69) is 94.4 Å². The van der Waals surface area contributed by atoms with Crippen LogP contribution in [0.2, 0.25) is 0 Å². The lowest BCUT2D eigenvalue weighted by atomic mass is 10.0. The van der Waals surface area contributed by atoms with Crippen molar-refractivity contribution >= 4 is 155 Å². The normalized spacial score (nSPS) is 24.4. The van der Waals surface area contributed by atoms with E-state index in [1.165, 1.54) is 38.9 Å². The molecule has 5 heterocycles. The highest BCUT2D eigenvalue weighted by atomic mass is 33.1. The molecule has 2 aromatic rings. The number of carbonyl (C=O) groups is 19. The predicted molar refractivity (Wildman–Crippen MR) is 417 cm³/mol. The zero-order valence-electron chi connectivity index (χ0n) is 64.3. The number of rotatable bonds is 30. The number of aromatic nitrogens is 4. The molecule has 3 saturated heterocycles. The summed E-state index contributed by atoms with van der Waals surface area (Å²) in [5.74, 6) is -23.1. The zero-order chi connectivity index (χ0) is 86.2. The molecule has 116 heavy (non-hydrogen) atoms. The summed E-state index contributed by atoms with van der Waals surface area (Å²) in [6, 6.07) is -24.7. The molecule has 5 unspecified atom stereocenters. The minimum absolute atomic E-state index is 0.0376. The summed E-state index contributed by atoms with van der Waals surface area (Å²) in [6.07, 6.45) is 0.763. The van der Waals surface area contributed by atoms with Gasteiger partial charge in [0.25, 0.3) is 0 Å². The Kier molecular flexibility index (Phi) is 39.5. The molecule has 45 nitrogen and oxygen atoms in total. The first-order chi connectivity index (χ1) is 54.8. The van der Waals surface area contributed by atoms with Crippen molar-refractivity contribution in [3.8, 4) is 0 Å². The lowest BCUT2D eigenvalue weighted by molar-refractivity contribution is -0.143. The molecule has 3 aliphatic rings. The number of aliphatic hydroxyl groups excluding tert-OH is 2. The fourth-order valence-electron chi connectivity index (χ4n) is 11.8. The van der Waals surface area contributed by atoms with Crippen LogP contribution in [-0.4, -0.2) is 292 Å². The Balaban J connectivity index is 1.52. The molecule has 0 spiro atoms. The SMILES string of the molecule is CC(C)CC1NC(=O)C(Cc2c[nH]cn2)NC(=O)[C@@H](NC(=O)[C@@H](NC(=O)[C@@H]2CCCN2C(=O)[C@H](CC(N)=O)NC(=O)[C@H](CO)NC(=O)[C@@H]2CSSC[C@H](NC(=O)CN)C(=O)N2)C(C)C)CSSCC(C(N)=O)NC(=O)[C@H](CC(C)C)NC(=O)[C@H](CC(N)=O)NC(=O)C(CO)NC(=O)[C@H](Cc2c[nH]cn2)NC(=O)C(CCC(=O)O)NC1=O. The van der Waals surface area contributed by atoms with E-state index in [1.54, 1.807) is 27.7 Å². The second-order valence-electron chi connectivity index (χ2n) is 28.4. The Bertz CT molecular complexity index is 3830. The Hall–Kier alpha value is -10.4. The van der Waals surface area contributed by atoms with Crippen LogP contribution in [0, 0.1) is 17.8 Å². The third-order valence-corrected chi connectivity index (χ3v) is 22.6. The van der Waals surface area contributed by atoms with Crippen LogP contribution in [0.5, 0.6) is 0 Å². The summed E-state index contributed by atoms with van der Waals surface area (Å²) >= 11 is 0. The smallest absolute Gasteiger partial charge is 0.303 e. The maximum absolute atomic E-state index is 15.1. The summed E-state index contributed by atoms with van der Waals surface area (Å²) in [5.41, 5.74) is 22.5. The minimum Gasteiger partial charge on any atom is -0.481 e. The molecule has 0 bridgehead atoms. The van der Waals surface area contributed by atoms with Gasteiger partial charge in [-0.15, -0.1) is 0 Å². The zero-order valence-corrected chi connectivity index (χ0v) is 67.6. The van der Waals surface area contributed by atoms with Crippen molar-refractivity contribution in [2.24, 2.45) is 40.7 Å². The third kappa shape index (κ3) is 31.3. The van der Waals surface area contributed by atoms with Gasteiger partial charge in [-0.3, -0.25) is 91.1 Å². The molecule has 27 N–H and O–H groups in total. The maximum atomic E-state index is 15.1. The number of carboxylic acids is 1. The number of carbonyl (C=O) groups excluding carboxylic acids is 18. The minimum atomic E-state index is -1.96. The van der Waals surface area contributed by atoms with Gasteiger partial charge in [0.2, 0.25) is 106 Å². The van der Waals surface area contributed by atoms with Gasteiger partial charge in [0, 0.05) is 61.2 Å². The van der Waals surface area contributed by atoms with Gasteiger partial charge in [-0.25, -0.2) is 9.97 Å². The van der Waals surface area contributed by atoms with E-state index in [9.17, 15) is 102 Å². The molecule has 3 fully saturated rings. The van der Waals surface area contributed by atoms with Gasteiger partial charge in [-0.05, 0) is 49.9 Å². The molecule has 0 saturated carbocycles. The van der Waals surface area contributed by atoms with Crippen LogP contribution in [0.3, 0.4) is 0 Å². The molecule has 0 aliphatic carbocycles. The molecule has 0 radical (unpaired) electrons. The van der Waals surface area contributed by atoms with Crippen LogP contribution < -0.4 is 97.4 Å². The summed E-state index contributed by atoms with van der Waals surface area (Å²) in [6.45, 7) is 6.78. The van der Waals surface area contributed by atoms with Gasteiger partial charge in [0.1, 0.15) is 90.6 Å². The maximum Gasteiger partial charge on any atom is 0.303 e. The highest BCUT2D eigenvalue weighted by Crippen LogP contribution is 2.27. The number of amides is 18. The van der Waals surface area contributed by atoms with E-state index in [0.717, 1.165) is 48.1 Å². The van der Waals surface area contributed by atoms with Crippen LogP contribution >= 0.6 is 43.2 Å². The van der Waals surface area contributed by atoms with Crippen LogP contribution in [0.4, 0.5) is 0 Å². The van der Waals surface area contributed by atoms with Gasteiger partial charge in [0.15, 0.2) is 0 Å². The van der Waals surface area contributed by atoms with E-state index < -0.39 is 290 Å². The third-order valence-electron chi connectivity index (χ3n) is 17.8. The first kappa shape index (κ1) is 96.2. The number of hydrogen-bond donors (Lipinski definition) is 23. The van der Waals surface area contributed by atoms with Gasteiger partial charge >= 0.3 is 5.97 Å². The fraction of sp³-hybridized carbons (Fsp3) is 0.627. The predicted octanol–water partition coefficient (Wildman–Crippen LogP) is -9.72. The van der Waals surface area contributed by atoms with Crippen LogP contribution in [-0.2, 0) is 104 Å². The number of nitrogens with one attached hydrogen (secondary N) is 16.